The van der Waals surface area contributed by atoms with E-state index in [4.69, 9.17) is 0 Å². The molecule has 0 saturated carbocycles. The van der Waals surface area contributed by atoms with Crippen molar-refractivity contribution in [3.8, 4) is 11.3 Å². The Bertz CT molecular complexity index is 836. The molecule has 0 aliphatic rings. The number of benzene rings is 1. The summed E-state index contributed by atoms with van der Waals surface area (Å²) in [5.74, 6) is 1.34. The van der Waals surface area contributed by atoms with Crippen LogP contribution in [0, 0.1) is 6.92 Å². The van der Waals surface area contributed by atoms with Gasteiger partial charge in [-0.3, -0.25) is 4.98 Å². The van der Waals surface area contributed by atoms with Gasteiger partial charge >= 0.3 is 0 Å². The number of nitrogens with zero attached hydrogens (tertiary/aromatic N) is 3. The summed E-state index contributed by atoms with van der Waals surface area (Å²) >= 11 is 3.56. The van der Waals surface area contributed by atoms with Crippen molar-refractivity contribution in [2.75, 3.05) is 17.2 Å². The largest absolute Gasteiger partial charge is 0.354 e. The van der Waals surface area contributed by atoms with Crippen molar-refractivity contribution in [2.24, 2.45) is 0 Å². The second-order valence-corrected chi connectivity index (χ2v) is 6.12. The van der Waals surface area contributed by atoms with Gasteiger partial charge in [0, 0.05) is 40.7 Å². The number of hydrogen-bond acceptors (Lipinski definition) is 5. The molecule has 0 radical (unpaired) electrons. The fraction of sp³-hybridized carbons (Fsp3) is 0.167. The summed E-state index contributed by atoms with van der Waals surface area (Å²) < 4.78 is 1.06. The van der Waals surface area contributed by atoms with Crippen molar-refractivity contribution in [3.63, 3.8) is 0 Å². The van der Waals surface area contributed by atoms with Gasteiger partial charge in [-0.25, -0.2) is 4.98 Å². The fourth-order valence-corrected chi connectivity index (χ4v) is 2.67. The molecule has 0 saturated heterocycles. The summed E-state index contributed by atoms with van der Waals surface area (Å²) in [6.07, 6.45) is 3.52. The molecular formula is C18H18BrN5. The molecule has 0 fully saturated rings. The van der Waals surface area contributed by atoms with Gasteiger partial charge in [0.25, 0.3) is 0 Å². The van der Waals surface area contributed by atoms with Crippen molar-refractivity contribution < 1.29 is 0 Å². The number of aromatic nitrogens is 3. The van der Waals surface area contributed by atoms with Crippen molar-refractivity contribution in [2.45, 2.75) is 13.8 Å². The van der Waals surface area contributed by atoms with Crippen LogP contribution in [0.2, 0.25) is 0 Å². The number of halogens is 1. The van der Waals surface area contributed by atoms with Crippen LogP contribution in [-0.2, 0) is 0 Å². The topological polar surface area (TPSA) is 62.7 Å². The third kappa shape index (κ3) is 3.71. The van der Waals surface area contributed by atoms with E-state index in [1.54, 1.807) is 12.4 Å². The SMILES string of the molecule is CCNc1nc(Nc2cccc(Br)c2C)cc(-c2ccncc2)n1. The Labute approximate surface area is 149 Å². The van der Waals surface area contributed by atoms with E-state index in [1.165, 1.54) is 0 Å². The minimum atomic E-state index is 0.599. The van der Waals surface area contributed by atoms with Crippen LogP contribution < -0.4 is 10.6 Å². The van der Waals surface area contributed by atoms with Crippen LogP contribution in [0.4, 0.5) is 17.5 Å². The van der Waals surface area contributed by atoms with E-state index in [1.807, 2.05) is 43.3 Å². The lowest BCUT2D eigenvalue weighted by Gasteiger charge is -2.13. The molecule has 3 rings (SSSR count). The first-order chi connectivity index (χ1) is 11.7. The Hall–Kier alpha value is -2.47. The Kier molecular flexibility index (Phi) is 5.05. The maximum atomic E-state index is 4.58. The summed E-state index contributed by atoms with van der Waals surface area (Å²) in [5.41, 5.74) is 3.98. The van der Waals surface area contributed by atoms with Gasteiger partial charge in [0.05, 0.1) is 5.69 Å². The van der Waals surface area contributed by atoms with Gasteiger partial charge in [-0.15, -0.1) is 0 Å². The molecule has 3 aromatic rings. The molecule has 2 aromatic heterocycles. The van der Waals surface area contributed by atoms with Crippen LogP contribution in [0.15, 0.2) is 53.3 Å². The van der Waals surface area contributed by atoms with Gasteiger partial charge in [-0.2, -0.15) is 4.98 Å². The molecule has 0 aliphatic carbocycles. The maximum Gasteiger partial charge on any atom is 0.225 e. The quantitative estimate of drug-likeness (QED) is 0.663. The molecular weight excluding hydrogens is 366 g/mol. The van der Waals surface area contributed by atoms with Crippen LogP contribution >= 0.6 is 15.9 Å². The minimum Gasteiger partial charge on any atom is -0.354 e. The van der Waals surface area contributed by atoms with Gasteiger partial charge in [0.1, 0.15) is 5.82 Å². The monoisotopic (exact) mass is 383 g/mol. The predicted octanol–water partition coefficient (Wildman–Crippen LogP) is 4.78. The Morgan fingerprint density at radius 2 is 1.88 bits per heavy atom. The maximum absolute atomic E-state index is 4.58. The summed E-state index contributed by atoms with van der Waals surface area (Å²) in [4.78, 5) is 13.2. The Morgan fingerprint density at radius 3 is 2.62 bits per heavy atom. The third-order valence-electron chi connectivity index (χ3n) is 3.57. The molecule has 2 heterocycles. The highest BCUT2D eigenvalue weighted by Crippen LogP contribution is 2.28. The standard InChI is InChI=1S/C18H18BrN5/c1-3-21-18-23-16(13-7-9-20-10-8-13)11-17(24-18)22-15-6-4-5-14(19)12(15)2/h4-11H,3H2,1-2H3,(H2,21,22,23,24). The van der Waals surface area contributed by atoms with Crippen molar-refractivity contribution >= 4 is 33.4 Å². The zero-order chi connectivity index (χ0) is 16.9. The van der Waals surface area contributed by atoms with Crippen LogP contribution in [0.5, 0.6) is 0 Å². The average molecular weight is 384 g/mol. The molecule has 5 nitrogen and oxygen atoms in total. The lowest BCUT2D eigenvalue weighted by molar-refractivity contribution is 1.09. The van der Waals surface area contributed by atoms with Gasteiger partial charge < -0.3 is 10.6 Å². The molecule has 24 heavy (non-hydrogen) atoms. The Balaban J connectivity index is 2.00. The number of rotatable bonds is 5. The van der Waals surface area contributed by atoms with Crippen LogP contribution in [0.3, 0.4) is 0 Å². The summed E-state index contributed by atoms with van der Waals surface area (Å²) in [6, 6.07) is 11.9. The fourth-order valence-electron chi connectivity index (χ4n) is 2.30. The molecule has 0 spiro atoms. The highest BCUT2D eigenvalue weighted by molar-refractivity contribution is 9.10. The van der Waals surface area contributed by atoms with E-state index >= 15 is 0 Å². The van der Waals surface area contributed by atoms with Gasteiger partial charge in [0.2, 0.25) is 5.95 Å². The summed E-state index contributed by atoms with van der Waals surface area (Å²) in [6.45, 7) is 4.84. The lowest BCUT2D eigenvalue weighted by Crippen LogP contribution is -2.06. The highest BCUT2D eigenvalue weighted by Gasteiger charge is 2.08. The highest BCUT2D eigenvalue weighted by atomic mass is 79.9. The zero-order valence-electron chi connectivity index (χ0n) is 13.5. The molecule has 2 N–H and O–H groups in total. The van der Waals surface area contributed by atoms with E-state index in [0.717, 1.165) is 39.3 Å². The van der Waals surface area contributed by atoms with E-state index < -0.39 is 0 Å². The first-order valence-electron chi connectivity index (χ1n) is 7.73. The van der Waals surface area contributed by atoms with E-state index in [0.29, 0.717) is 5.95 Å². The van der Waals surface area contributed by atoms with Gasteiger partial charge in [0.15, 0.2) is 0 Å². The smallest absolute Gasteiger partial charge is 0.225 e. The van der Waals surface area contributed by atoms with E-state index in [2.05, 4.69) is 48.4 Å². The third-order valence-corrected chi connectivity index (χ3v) is 4.43. The molecule has 0 aliphatic heterocycles. The molecule has 0 amide bonds. The number of hydrogen-bond donors (Lipinski definition) is 2. The zero-order valence-corrected chi connectivity index (χ0v) is 15.1. The second-order valence-electron chi connectivity index (χ2n) is 5.27. The van der Waals surface area contributed by atoms with E-state index in [-0.39, 0.29) is 0 Å². The van der Waals surface area contributed by atoms with Gasteiger partial charge in [-0.1, -0.05) is 22.0 Å². The molecule has 0 unspecified atom stereocenters. The minimum absolute atomic E-state index is 0.599. The van der Waals surface area contributed by atoms with Gasteiger partial charge in [-0.05, 0) is 43.7 Å². The molecule has 0 atom stereocenters. The van der Waals surface area contributed by atoms with Crippen molar-refractivity contribution in [3.05, 3.63) is 58.8 Å². The lowest BCUT2D eigenvalue weighted by atomic mass is 10.2. The predicted molar refractivity (Wildman–Crippen MR) is 102 cm³/mol. The first-order valence-corrected chi connectivity index (χ1v) is 8.52. The molecule has 122 valence electrons. The second kappa shape index (κ2) is 7.40. The summed E-state index contributed by atoms with van der Waals surface area (Å²) in [5, 5.41) is 6.57. The normalized spacial score (nSPS) is 10.5. The molecule has 0 bridgehead atoms. The number of nitrogens with one attached hydrogen (secondary N) is 2. The van der Waals surface area contributed by atoms with Crippen LogP contribution in [0.1, 0.15) is 12.5 Å². The first kappa shape index (κ1) is 16.4. The van der Waals surface area contributed by atoms with E-state index in [9.17, 15) is 0 Å². The molecule has 1 aromatic carbocycles. The summed E-state index contributed by atoms with van der Waals surface area (Å²) in [7, 11) is 0. The number of pyridine rings is 1. The van der Waals surface area contributed by atoms with Crippen molar-refractivity contribution in [1.29, 1.82) is 0 Å². The van der Waals surface area contributed by atoms with Crippen LogP contribution in [0.25, 0.3) is 11.3 Å². The van der Waals surface area contributed by atoms with Crippen molar-refractivity contribution in [1.82, 2.24) is 15.0 Å². The Morgan fingerprint density at radius 1 is 1.08 bits per heavy atom. The average Bonchev–Trinajstić information content (AvgIpc) is 2.60. The van der Waals surface area contributed by atoms with Crippen LogP contribution in [-0.4, -0.2) is 21.5 Å². The number of anilines is 3. The molecule has 6 heteroatoms.